The van der Waals surface area contributed by atoms with Crippen LogP contribution in [0.4, 0.5) is 0 Å². The molecule has 6 nitrogen and oxygen atoms in total. The lowest BCUT2D eigenvalue weighted by Crippen LogP contribution is -2.40. The minimum absolute atomic E-state index is 0.0556. The van der Waals surface area contributed by atoms with Gasteiger partial charge in [0.05, 0.1) is 18.1 Å². The van der Waals surface area contributed by atoms with E-state index in [1.165, 1.54) is 4.31 Å². The van der Waals surface area contributed by atoms with E-state index in [2.05, 4.69) is 0 Å². The third-order valence-corrected chi connectivity index (χ3v) is 6.26. The second kappa shape index (κ2) is 9.12. The van der Waals surface area contributed by atoms with Gasteiger partial charge in [-0.25, -0.2) is 8.42 Å². The Labute approximate surface area is 159 Å². The molecule has 1 heterocycles. The van der Waals surface area contributed by atoms with E-state index in [1.807, 2.05) is 30.3 Å². The van der Waals surface area contributed by atoms with Gasteiger partial charge in [0.1, 0.15) is 6.61 Å². The first-order valence-electron chi connectivity index (χ1n) is 8.92. The van der Waals surface area contributed by atoms with Crippen LogP contribution in [0.2, 0.25) is 0 Å². The molecule has 3 rings (SSSR count). The average Bonchev–Trinajstić information content (AvgIpc) is 2.72. The van der Waals surface area contributed by atoms with Crippen molar-refractivity contribution in [3.8, 4) is 0 Å². The minimum atomic E-state index is -3.56. The monoisotopic (exact) mass is 389 g/mol. The van der Waals surface area contributed by atoms with Gasteiger partial charge in [0.25, 0.3) is 0 Å². The highest BCUT2D eigenvalue weighted by molar-refractivity contribution is 7.89. The van der Waals surface area contributed by atoms with Crippen LogP contribution in [-0.2, 0) is 37.3 Å². The van der Waals surface area contributed by atoms with Gasteiger partial charge < -0.3 is 9.47 Å². The third-order valence-electron chi connectivity index (χ3n) is 4.37. The second-order valence-electron chi connectivity index (χ2n) is 6.31. The summed E-state index contributed by atoms with van der Waals surface area (Å²) in [6.45, 7) is 1.55. The molecule has 0 aliphatic carbocycles. The van der Waals surface area contributed by atoms with Crippen LogP contribution < -0.4 is 0 Å². The van der Waals surface area contributed by atoms with Crippen LogP contribution in [-0.4, -0.2) is 45.0 Å². The number of carbonyl (C=O) groups excluding carboxylic acids is 1. The Bertz CT molecular complexity index is 861. The molecule has 0 unspecified atom stereocenters. The molecule has 0 N–H and O–H groups in total. The van der Waals surface area contributed by atoms with Crippen LogP contribution in [0, 0.1) is 0 Å². The predicted molar refractivity (Wildman–Crippen MR) is 101 cm³/mol. The van der Waals surface area contributed by atoms with Crippen molar-refractivity contribution in [1.82, 2.24) is 4.31 Å². The molecule has 0 saturated carbocycles. The smallest absolute Gasteiger partial charge is 0.306 e. The minimum Gasteiger partial charge on any atom is -0.461 e. The maximum Gasteiger partial charge on any atom is 0.306 e. The zero-order valence-electron chi connectivity index (χ0n) is 15.0. The summed E-state index contributed by atoms with van der Waals surface area (Å²) >= 11 is 0. The van der Waals surface area contributed by atoms with Crippen LogP contribution >= 0.6 is 0 Å². The second-order valence-corrected chi connectivity index (χ2v) is 8.25. The number of hydrogen-bond acceptors (Lipinski definition) is 5. The van der Waals surface area contributed by atoms with Crippen molar-refractivity contribution in [3.63, 3.8) is 0 Å². The molecule has 27 heavy (non-hydrogen) atoms. The zero-order valence-corrected chi connectivity index (χ0v) is 15.9. The summed E-state index contributed by atoms with van der Waals surface area (Å²) in [5.41, 5.74) is 1.73. The molecule has 144 valence electrons. The van der Waals surface area contributed by atoms with Crippen LogP contribution in [0.15, 0.2) is 59.5 Å². The third kappa shape index (κ3) is 5.38. The number of benzene rings is 2. The van der Waals surface area contributed by atoms with E-state index in [0.717, 1.165) is 5.56 Å². The average molecular weight is 389 g/mol. The van der Waals surface area contributed by atoms with Gasteiger partial charge in [-0.05, 0) is 29.7 Å². The van der Waals surface area contributed by atoms with Gasteiger partial charge in [-0.15, -0.1) is 0 Å². The van der Waals surface area contributed by atoms with Gasteiger partial charge in [0.2, 0.25) is 10.0 Å². The maximum atomic E-state index is 12.7. The Kier molecular flexibility index (Phi) is 6.60. The lowest BCUT2D eigenvalue weighted by Gasteiger charge is -2.26. The topological polar surface area (TPSA) is 72.9 Å². The number of rotatable bonds is 7. The lowest BCUT2D eigenvalue weighted by molar-refractivity contribution is -0.144. The highest BCUT2D eigenvalue weighted by atomic mass is 32.2. The molecule has 0 atom stereocenters. The SMILES string of the molecule is O=C(CCc1ccccc1)OCc1cccc(S(=O)(=O)N2CCOCC2)c1. The Morgan fingerprint density at radius 3 is 2.44 bits per heavy atom. The molecule has 0 aromatic heterocycles. The first-order valence-corrected chi connectivity index (χ1v) is 10.4. The first-order chi connectivity index (χ1) is 13.1. The van der Waals surface area contributed by atoms with Crippen molar-refractivity contribution in [3.05, 3.63) is 65.7 Å². The number of hydrogen-bond donors (Lipinski definition) is 0. The molecular weight excluding hydrogens is 366 g/mol. The molecule has 1 saturated heterocycles. The summed E-state index contributed by atoms with van der Waals surface area (Å²) in [5, 5.41) is 0. The summed E-state index contributed by atoms with van der Waals surface area (Å²) < 4.78 is 37.3. The number of nitrogens with zero attached hydrogens (tertiary/aromatic N) is 1. The highest BCUT2D eigenvalue weighted by Gasteiger charge is 2.26. The normalized spacial score (nSPS) is 15.4. The highest BCUT2D eigenvalue weighted by Crippen LogP contribution is 2.19. The van der Waals surface area contributed by atoms with E-state index in [1.54, 1.807) is 24.3 Å². The molecule has 0 spiro atoms. The number of ether oxygens (including phenoxy) is 2. The Hall–Kier alpha value is -2.22. The fourth-order valence-corrected chi connectivity index (χ4v) is 4.34. The number of aryl methyl sites for hydroxylation is 1. The fraction of sp³-hybridized carbons (Fsp3) is 0.350. The molecule has 7 heteroatoms. The summed E-state index contributed by atoms with van der Waals surface area (Å²) in [5.74, 6) is -0.305. The first kappa shape index (κ1) is 19.5. The molecule has 1 aliphatic heterocycles. The van der Waals surface area contributed by atoms with E-state index < -0.39 is 10.0 Å². The molecule has 0 bridgehead atoms. The largest absolute Gasteiger partial charge is 0.461 e. The van der Waals surface area contributed by atoms with Gasteiger partial charge in [-0.1, -0.05) is 42.5 Å². The van der Waals surface area contributed by atoms with Crippen molar-refractivity contribution >= 4 is 16.0 Å². The molecule has 2 aromatic rings. The van der Waals surface area contributed by atoms with E-state index in [4.69, 9.17) is 9.47 Å². The lowest BCUT2D eigenvalue weighted by atomic mass is 10.1. The van der Waals surface area contributed by atoms with Crippen LogP contribution in [0.5, 0.6) is 0 Å². The van der Waals surface area contributed by atoms with Crippen molar-refractivity contribution in [2.75, 3.05) is 26.3 Å². The van der Waals surface area contributed by atoms with Gasteiger partial charge >= 0.3 is 5.97 Å². The Morgan fingerprint density at radius 1 is 1.00 bits per heavy atom. The van der Waals surface area contributed by atoms with Crippen molar-refractivity contribution in [1.29, 1.82) is 0 Å². The Morgan fingerprint density at radius 2 is 1.70 bits per heavy atom. The van der Waals surface area contributed by atoms with E-state index >= 15 is 0 Å². The number of morpholine rings is 1. The Balaban J connectivity index is 1.56. The molecule has 1 fully saturated rings. The standard InChI is InChI=1S/C20H23NO5S/c22-20(10-9-17-5-2-1-3-6-17)26-16-18-7-4-8-19(15-18)27(23,24)21-11-13-25-14-12-21/h1-8,15H,9-14,16H2. The number of esters is 1. The molecule has 0 radical (unpaired) electrons. The molecular formula is C20H23NO5S. The van der Waals surface area contributed by atoms with Crippen molar-refractivity contribution in [2.24, 2.45) is 0 Å². The summed E-state index contributed by atoms with van der Waals surface area (Å²) in [7, 11) is -3.56. The van der Waals surface area contributed by atoms with Gasteiger partial charge in [-0.3, -0.25) is 4.79 Å². The van der Waals surface area contributed by atoms with E-state index in [-0.39, 0.29) is 23.9 Å². The number of sulfonamides is 1. The van der Waals surface area contributed by atoms with Gasteiger partial charge in [0, 0.05) is 19.5 Å². The molecule has 2 aromatic carbocycles. The summed E-state index contributed by atoms with van der Waals surface area (Å²) in [6, 6.07) is 16.3. The van der Waals surface area contributed by atoms with Crippen molar-refractivity contribution in [2.45, 2.75) is 24.3 Å². The molecule has 0 amide bonds. The zero-order chi connectivity index (χ0) is 19.1. The van der Waals surface area contributed by atoms with Gasteiger partial charge in [0.15, 0.2) is 0 Å². The van der Waals surface area contributed by atoms with Crippen LogP contribution in [0.1, 0.15) is 17.5 Å². The van der Waals surface area contributed by atoms with Crippen LogP contribution in [0.3, 0.4) is 0 Å². The summed E-state index contributed by atoms with van der Waals surface area (Å²) in [4.78, 5) is 12.2. The summed E-state index contributed by atoms with van der Waals surface area (Å²) in [6.07, 6.45) is 0.904. The van der Waals surface area contributed by atoms with Crippen LogP contribution in [0.25, 0.3) is 0 Å². The molecule has 1 aliphatic rings. The number of carbonyl (C=O) groups is 1. The van der Waals surface area contributed by atoms with Crippen molar-refractivity contribution < 1.29 is 22.7 Å². The van der Waals surface area contributed by atoms with E-state index in [0.29, 0.717) is 38.3 Å². The fourth-order valence-electron chi connectivity index (χ4n) is 2.86. The van der Waals surface area contributed by atoms with E-state index in [9.17, 15) is 13.2 Å². The quantitative estimate of drug-likeness (QED) is 0.680. The van der Waals surface area contributed by atoms with Gasteiger partial charge in [-0.2, -0.15) is 4.31 Å². The predicted octanol–water partition coefficient (Wildman–Crippen LogP) is 2.38. The maximum absolute atomic E-state index is 12.7.